The van der Waals surface area contributed by atoms with Gasteiger partial charge in [-0.25, -0.2) is 0 Å². The topological polar surface area (TPSA) is 12.0 Å². The lowest BCUT2D eigenvalue weighted by atomic mass is 10.1. The van der Waals surface area contributed by atoms with Crippen LogP contribution in [0.3, 0.4) is 0 Å². The maximum Gasteiger partial charge on any atom is 0.0492 e. The lowest BCUT2D eigenvalue weighted by molar-refractivity contribution is 0.883. The van der Waals surface area contributed by atoms with E-state index in [1.54, 1.807) is 0 Å². The van der Waals surface area contributed by atoms with Crippen LogP contribution in [0.4, 0.5) is 5.69 Å². The third kappa shape index (κ3) is 3.06. The number of nitrogens with one attached hydrogen (secondary N) is 1. The molecule has 0 spiro atoms. The molecular formula is C15H15BrClN. The first kappa shape index (κ1) is 13.4. The van der Waals surface area contributed by atoms with Crippen molar-refractivity contribution >= 4 is 33.2 Å². The third-order valence-electron chi connectivity index (χ3n) is 2.91. The molecule has 18 heavy (non-hydrogen) atoms. The Morgan fingerprint density at radius 2 is 1.89 bits per heavy atom. The molecule has 1 unspecified atom stereocenters. The van der Waals surface area contributed by atoms with Crippen LogP contribution >= 0.6 is 27.5 Å². The molecule has 1 N–H and O–H groups in total. The Bertz CT molecular complexity index is 554. The van der Waals surface area contributed by atoms with Crippen molar-refractivity contribution in [2.24, 2.45) is 0 Å². The zero-order valence-corrected chi connectivity index (χ0v) is 12.7. The quantitative estimate of drug-likeness (QED) is 0.776. The lowest BCUT2D eigenvalue weighted by Crippen LogP contribution is -2.07. The molecule has 2 rings (SSSR count). The number of anilines is 1. The van der Waals surface area contributed by atoms with Gasteiger partial charge >= 0.3 is 0 Å². The predicted molar refractivity (Wildman–Crippen MR) is 82.4 cm³/mol. The van der Waals surface area contributed by atoms with Gasteiger partial charge in [-0.1, -0.05) is 35.9 Å². The van der Waals surface area contributed by atoms with Crippen LogP contribution in [-0.4, -0.2) is 0 Å². The highest BCUT2D eigenvalue weighted by atomic mass is 79.9. The fourth-order valence-corrected chi connectivity index (χ4v) is 2.43. The molecule has 0 fully saturated rings. The largest absolute Gasteiger partial charge is 0.378 e. The number of benzene rings is 2. The van der Waals surface area contributed by atoms with Crippen molar-refractivity contribution in [1.29, 1.82) is 0 Å². The molecule has 2 aromatic rings. The van der Waals surface area contributed by atoms with E-state index in [0.29, 0.717) is 0 Å². The Labute approximate surface area is 121 Å². The monoisotopic (exact) mass is 323 g/mol. The molecular weight excluding hydrogens is 310 g/mol. The Balaban J connectivity index is 2.21. The standard InChI is InChI=1S/C15H15BrClN/c1-10-5-3-8-14(15(10)16)18-11(2)12-6-4-7-13(17)9-12/h3-9,11,18H,1-2H3. The minimum absolute atomic E-state index is 0.210. The van der Waals surface area contributed by atoms with Crippen LogP contribution in [0.2, 0.25) is 5.02 Å². The van der Waals surface area contributed by atoms with Gasteiger partial charge in [-0.2, -0.15) is 0 Å². The average Bonchev–Trinajstić information content (AvgIpc) is 2.35. The number of halogens is 2. The molecule has 0 aliphatic carbocycles. The first-order chi connectivity index (χ1) is 8.58. The minimum atomic E-state index is 0.210. The second-order valence-corrected chi connectivity index (χ2v) is 5.59. The summed E-state index contributed by atoms with van der Waals surface area (Å²) in [6.45, 7) is 4.21. The van der Waals surface area contributed by atoms with E-state index in [-0.39, 0.29) is 6.04 Å². The van der Waals surface area contributed by atoms with E-state index in [2.05, 4.69) is 53.3 Å². The van der Waals surface area contributed by atoms with E-state index >= 15 is 0 Å². The average molecular weight is 325 g/mol. The van der Waals surface area contributed by atoms with Gasteiger partial charge in [0.2, 0.25) is 0 Å². The maximum atomic E-state index is 6.01. The number of aryl methyl sites for hydroxylation is 1. The summed E-state index contributed by atoms with van der Waals surface area (Å²) >= 11 is 9.62. The first-order valence-electron chi connectivity index (χ1n) is 5.85. The van der Waals surface area contributed by atoms with Crippen molar-refractivity contribution in [1.82, 2.24) is 0 Å². The summed E-state index contributed by atoms with van der Waals surface area (Å²) in [6, 6.07) is 14.3. The summed E-state index contributed by atoms with van der Waals surface area (Å²) in [4.78, 5) is 0. The van der Waals surface area contributed by atoms with E-state index in [4.69, 9.17) is 11.6 Å². The van der Waals surface area contributed by atoms with Gasteiger partial charge in [0.05, 0.1) is 0 Å². The number of hydrogen-bond donors (Lipinski definition) is 1. The molecule has 0 aliphatic heterocycles. The highest BCUT2D eigenvalue weighted by Gasteiger charge is 2.08. The highest BCUT2D eigenvalue weighted by Crippen LogP contribution is 2.29. The van der Waals surface area contributed by atoms with Crippen molar-refractivity contribution in [3.63, 3.8) is 0 Å². The highest BCUT2D eigenvalue weighted by molar-refractivity contribution is 9.10. The summed E-state index contributed by atoms with van der Waals surface area (Å²) < 4.78 is 1.11. The van der Waals surface area contributed by atoms with Gasteiger partial charge < -0.3 is 5.32 Å². The summed E-state index contributed by atoms with van der Waals surface area (Å²) in [7, 11) is 0. The number of hydrogen-bond acceptors (Lipinski definition) is 1. The second-order valence-electron chi connectivity index (χ2n) is 4.36. The first-order valence-corrected chi connectivity index (χ1v) is 7.02. The van der Waals surface area contributed by atoms with Gasteiger partial charge in [-0.05, 0) is 59.1 Å². The van der Waals surface area contributed by atoms with Crippen molar-refractivity contribution < 1.29 is 0 Å². The normalized spacial score (nSPS) is 12.2. The Morgan fingerprint density at radius 3 is 2.61 bits per heavy atom. The molecule has 0 amide bonds. The third-order valence-corrected chi connectivity index (χ3v) is 4.20. The van der Waals surface area contributed by atoms with E-state index in [1.807, 2.05) is 24.3 Å². The van der Waals surface area contributed by atoms with Crippen LogP contribution in [0, 0.1) is 6.92 Å². The van der Waals surface area contributed by atoms with Crippen LogP contribution in [-0.2, 0) is 0 Å². The molecule has 0 bridgehead atoms. The van der Waals surface area contributed by atoms with Crippen LogP contribution < -0.4 is 5.32 Å². The SMILES string of the molecule is Cc1cccc(NC(C)c2cccc(Cl)c2)c1Br. The summed E-state index contributed by atoms with van der Waals surface area (Å²) in [6.07, 6.45) is 0. The predicted octanol–water partition coefficient (Wildman–Crippen LogP) is 5.58. The van der Waals surface area contributed by atoms with Crippen LogP contribution in [0.25, 0.3) is 0 Å². The van der Waals surface area contributed by atoms with Crippen LogP contribution in [0.1, 0.15) is 24.1 Å². The Kier molecular flexibility index (Phi) is 4.31. The molecule has 94 valence electrons. The van der Waals surface area contributed by atoms with Gasteiger partial charge in [0.25, 0.3) is 0 Å². The van der Waals surface area contributed by atoms with Crippen molar-refractivity contribution in [3.05, 3.63) is 63.1 Å². The molecule has 0 radical (unpaired) electrons. The molecule has 3 heteroatoms. The summed E-state index contributed by atoms with van der Waals surface area (Å²) in [5.74, 6) is 0. The maximum absolute atomic E-state index is 6.01. The molecule has 2 aromatic carbocycles. The molecule has 0 heterocycles. The van der Waals surface area contributed by atoms with Crippen LogP contribution in [0.15, 0.2) is 46.9 Å². The van der Waals surface area contributed by atoms with Gasteiger partial charge in [0, 0.05) is 21.2 Å². The van der Waals surface area contributed by atoms with Gasteiger partial charge in [-0.15, -0.1) is 0 Å². The van der Waals surface area contributed by atoms with Crippen molar-refractivity contribution in [2.45, 2.75) is 19.9 Å². The smallest absolute Gasteiger partial charge is 0.0492 e. The zero-order valence-electron chi connectivity index (χ0n) is 10.4. The molecule has 1 nitrogen and oxygen atoms in total. The van der Waals surface area contributed by atoms with Crippen molar-refractivity contribution in [2.75, 3.05) is 5.32 Å². The van der Waals surface area contributed by atoms with E-state index in [1.165, 1.54) is 11.1 Å². The fourth-order valence-electron chi connectivity index (χ4n) is 1.85. The number of rotatable bonds is 3. The molecule has 0 aliphatic rings. The van der Waals surface area contributed by atoms with Gasteiger partial charge in [0.1, 0.15) is 0 Å². The van der Waals surface area contributed by atoms with E-state index in [0.717, 1.165) is 15.2 Å². The molecule has 0 saturated heterocycles. The van der Waals surface area contributed by atoms with Crippen LogP contribution in [0.5, 0.6) is 0 Å². The van der Waals surface area contributed by atoms with Crippen molar-refractivity contribution in [3.8, 4) is 0 Å². The molecule has 1 atom stereocenters. The summed E-state index contributed by atoms with van der Waals surface area (Å²) in [5.41, 5.74) is 3.50. The molecule has 0 saturated carbocycles. The lowest BCUT2D eigenvalue weighted by Gasteiger charge is -2.18. The van der Waals surface area contributed by atoms with E-state index < -0.39 is 0 Å². The van der Waals surface area contributed by atoms with Gasteiger partial charge in [-0.3, -0.25) is 0 Å². The van der Waals surface area contributed by atoms with E-state index in [9.17, 15) is 0 Å². The van der Waals surface area contributed by atoms with Gasteiger partial charge in [0.15, 0.2) is 0 Å². The minimum Gasteiger partial charge on any atom is -0.378 e. The Hall–Kier alpha value is -0.990. The molecule has 0 aromatic heterocycles. The zero-order chi connectivity index (χ0) is 13.1. The fraction of sp³-hybridized carbons (Fsp3) is 0.200. The summed E-state index contributed by atoms with van der Waals surface area (Å²) in [5, 5.41) is 4.26. The second kappa shape index (κ2) is 5.77. The Morgan fingerprint density at radius 1 is 1.17 bits per heavy atom.